The Morgan fingerprint density at radius 3 is 2.86 bits per heavy atom. The first kappa shape index (κ1) is 11.3. The summed E-state index contributed by atoms with van der Waals surface area (Å²) in [6.07, 6.45) is 0. The zero-order valence-corrected chi connectivity index (χ0v) is 8.72. The largest absolute Gasteiger partial charge is 0.490 e. The summed E-state index contributed by atoms with van der Waals surface area (Å²) >= 11 is 5.73. The van der Waals surface area contributed by atoms with Gasteiger partial charge in [0.1, 0.15) is 12.4 Å². The van der Waals surface area contributed by atoms with Crippen molar-refractivity contribution in [2.75, 3.05) is 13.2 Å². The van der Waals surface area contributed by atoms with Crippen molar-refractivity contribution in [1.82, 2.24) is 0 Å². The molecule has 1 atom stereocenters. The smallest absolute Gasteiger partial charge is 0.154 e. The summed E-state index contributed by atoms with van der Waals surface area (Å²) in [5.74, 6) is 0.551. The minimum absolute atomic E-state index is 0.0619. The molecular weight excluding hydrogens is 205 g/mol. The molecule has 0 aromatic heterocycles. The van der Waals surface area contributed by atoms with Crippen molar-refractivity contribution in [3.8, 4) is 5.75 Å². The molecule has 0 amide bonds. The Morgan fingerprint density at radius 1 is 1.57 bits per heavy atom. The predicted molar refractivity (Wildman–Crippen MR) is 55.5 cm³/mol. The monoisotopic (exact) mass is 217 g/mol. The lowest BCUT2D eigenvalue weighted by Gasteiger charge is -2.18. The highest BCUT2D eigenvalue weighted by atomic mass is 35.5. The lowest BCUT2D eigenvalue weighted by atomic mass is 10.1. The molecule has 0 aliphatic carbocycles. The highest BCUT2D eigenvalue weighted by Crippen LogP contribution is 2.19. The second-order valence-corrected chi connectivity index (χ2v) is 3.80. The zero-order valence-electron chi connectivity index (χ0n) is 7.97. The van der Waals surface area contributed by atoms with E-state index in [4.69, 9.17) is 22.1 Å². The highest BCUT2D eigenvalue weighted by Gasteiger charge is 2.21. The topological polar surface area (TPSA) is 35.2 Å². The normalized spacial score (nSPS) is 14.9. The molecule has 0 spiro atoms. The summed E-state index contributed by atoms with van der Waals surface area (Å²) < 4.78 is 18.5. The van der Waals surface area contributed by atoms with Crippen LogP contribution in [0.4, 0.5) is 4.39 Å². The number of halogens is 2. The summed E-state index contributed by atoms with van der Waals surface area (Å²) in [6, 6.07) is 6.83. The second-order valence-electron chi connectivity index (χ2n) is 3.36. The molecule has 0 aliphatic rings. The second kappa shape index (κ2) is 4.62. The summed E-state index contributed by atoms with van der Waals surface area (Å²) in [6.45, 7) is 1.27. The van der Waals surface area contributed by atoms with Gasteiger partial charge in [-0.25, -0.2) is 4.39 Å². The molecule has 0 fully saturated rings. The maximum absolute atomic E-state index is 13.3. The van der Waals surface area contributed by atoms with Gasteiger partial charge in [0.25, 0.3) is 0 Å². The molecule has 0 saturated carbocycles. The number of rotatable bonds is 4. The fourth-order valence-corrected chi connectivity index (χ4v) is 1.03. The van der Waals surface area contributed by atoms with Crippen molar-refractivity contribution < 1.29 is 9.13 Å². The standard InChI is InChI=1S/C10H13ClFNO/c1-10(12,6-13)7-14-9-4-2-3-8(11)5-9/h2-5H,6-7,13H2,1H3. The van der Waals surface area contributed by atoms with Gasteiger partial charge in [-0.15, -0.1) is 0 Å². The Morgan fingerprint density at radius 2 is 2.29 bits per heavy atom. The Hall–Kier alpha value is -0.800. The molecule has 1 unspecified atom stereocenters. The van der Waals surface area contributed by atoms with Crippen molar-refractivity contribution in [2.45, 2.75) is 12.6 Å². The van der Waals surface area contributed by atoms with Crippen molar-refractivity contribution in [1.29, 1.82) is 0 Å². The van der Waals surface area contributed by atoms with Gasteiger partial charge in [-0.05, 0) is 25.1 Å². The molecule has 2 nitrogen and oxygen atoms in total. The minimum atomic E-state index is -1.50. The van der Waals surface area contributed by atoms with Crippen LogP contribution in [-0.2, 0) is 0 Å². The van der Waals surface area contributed by atoms with Crippen LogP contribution in [0.3, 0.4) is 0 Å². The van der Waals surface area contributed by atoms with Gasteiger partial charge in [0.15, 0.2) is 5.67 Å². The van der Waals surface area contributed by atoms with E-state index in [1.54, 1.807) is 24.3 Å². The van der Waals surface area contributed by atoms with E-state index in [0.717, 1.165) is 0 Å². The molecule has 14 heavy (non-hydrogen) atoms. The summed E-state index contributed by atoms with van der Waals surface area (Å²) in [5.41, 5.74) is 3.72. The Balaban J connectivity index is 2.54. The average molecular weight is 218 g/mol. The van der Waals surface area contributed by atoms with Gasteiger partial charge in [0.2, 0.25) is 0 Å². The number of nitrogens with two attached hydrogens (primary N) is 1. The fourth-order valence-electron chi connectivity index (χ4n) is 0.850. The van der Waals surface area contributed by atoms with E-state index >= 15 is 0 Å². The van der Waals surface area contributed by atoms with Gasteiger partial charge in [0.05, 0.1) is 0 Å². The maximum atomic E-state index is 13.3. The first-order valence-corrected chi connectivity index (χ1v) is 4.69. The molecule has 1 rings (SSSR count). The van der Waals surface area contributed by atoms with Crippen molar-refractivity contribution in [3.63, 3.8) is 0 Å². The third kappa shape index (κ3) is 3.52. The van der Waals surface area contributed by atoms with Crippen LogP contribution >= 0.6 is 11.6 Å². The van der Waals surface area contributed by atoms with Crippen molar-refractivity contribution in [3.05, 3.63) is 29.3 Å². The number of hydrogen-bond donors (Lipinski definition) is 1. The van der Waals surface area contributed by atoms with Crippen LogP contribution in [0.5, 0.6) is 5.75 Å². The van der Waals surface area contributed by atoms with Crippen LogP contribution in [-0.4, -0.2) is 18.8 Å². The molecular formula is C10H13ClFNO. The number of ether oxygens (including phenoxy) is 1. The number of hydrogen-bond acceptors (Lipinski definition) is 2. The van der Waals surface area contributed by atoms with Gasteiger partial charge in [-0.3, -0.25) is 0 Å². The molecule has 1 aromatic carbocycles. The van der Waals surface area contributed by atoms with Gasteiger partial charge < -0.3 is 10.5 Å². The Kier molecular flexibility index (Phi) is 3.72. The average Bonchev–Trinajstić information content (AvgIpc) is 2.15. The summed E-state index contributed by atoms with van der Waals surface area (Å²) in [4.78, 5) is 0. The quantitative estimate of drug-likeness (QED) is 0.841. The Labute approximate surface area is 87.8 Å². The van der Waals surface area contributed by atoms with E-state index in [0.29, 0.717) is 10.8 Å². The molecule has 0 aliphatic heterocycles. The molecule has 1 aromatic rings. The number of benzene rings is 1. The number of alkyl halides is 1. The van der Waals surface area contributed by atoms with Crippen LogP contribution in [0.2, 0.25) is 5.02 Å². The lowest BCUT2D eigenvalue weighted by molar-refractivity contribution is 0.110. The van der Waals surface area contributed by atoms with Crippen LogP contribution in [0, 0.1) is 0 Å². The van der Waals surface area contributed by atoms with Crippen LogP contribution in [0.25, 0.3) is 0 Å². The van der Waals surface area contributed by atoms with Gasteiger partial charge >= 0.3 is 0 Å². The van der Waals surface area contributed by atoms with E-state index in [9.17, 15) is 4.39 Å². The third-order valence-electron chi connectivity index (χ3n) is 1.76. The van der Waals surface area contributed by atoms with Gasteiger partial charge in [-0.2, -0.15) is 0 Å². The van der Waals surface area contributed by atoms with Crippen LogP contribution in [0.15, 0.2) is 24.3 Å². The van der Waals surface area contributed by atoms with E-state index in [1.807, 2.05) is 0 Å². The van der Waals surface area contributed by atoms with E-state index in [2.05, 4.69) is 0 Å². The predicted octanol–water partition coefficient (Wildman–Crippen LogP) is 2.41. The molecule has 2 N–H and O–H groups in total. The molecule has 4 heteroatoms. The third-order valence-corrected chi connectivity index (χ3v) is 2.00. The molecule has 0 bridgehead atoms. The fraction of sp³-hybridized carbons (Fsp3) is 0.400. The highest BCUT2D eigenvalue weighted by molar-refractivity contribution is 6.30. The lowest BCUT2D eigenvalue weighted by Crippen LogP contribution is -2.35. The molecule has 0 heterocycles. The summed E-state index contributed by atoms with van der Waals surface area (Å²) in [5, 5.41) is 0.566. The van der Waals surface area contributed by atoms with E-state index in [-0.39, 0.29) is 13.2 Å². The Bertz CT molecular complexity index is 304. The zero-order chi connectivity index (χ0) is 10.6. The van der Waals surface area contributed by atoms with E-state index < -0.39 is 5.67 Å². The SMILES string of the molecule is CC(F)(CN)COc1cccc(Cl)c1. The van der Waals surface area contributed by atoms with Crippen LogP contribution in [0.1, 0.15) is 6.92 Å². The molecule has 78 valence electrons. The minimum Gasteiger partial charge on any atom is -0.490 e. The molecule has 0 radical (unpaired) electrons. The van der Waals surface area contributed by atoms with Crippen LogP contribution < -0.4 is 10.5 Å². The van der Waals surface area contributed by atoms with Crippen molar-refractivity contribution >= 4 is 11.6 Å². The first-order chi connectivity index (χ1) is 6.53. The maximum Gasteiger partial charge on any atom is 0.154 e. The molecule has 0 saturated heterocycles. The van der Waals surface area contributed by atoms with E-state index in [1.165, 1.54) is 6.92 Å². The van der Waals surface area contributed by atoms with Gasteiger partial charge in [-0.1, -0.05) is 17.7 Å². The van der Waals surface area contributed by atoms with Crippen molar-refractivity contribution in [2.24, 2.45) is 5.73 Å². The summed E-state index contributed by atoms with van der Waals surface area (Å²) in [7, 11) is 0. The first-order valence-electron chi connectivity index (χ1n) is 4.31. The van der Waals surface area contributed by atoms with Gasteiger partial charge in [0, 0.05) is 11.6 Å².